The largest absolute Gasteiger partial charge is 0.387 e. The average Bonchev–Trinajstić information content (AvgIpc) is 3.17. The van der Waals surface area contributed by atoms with E-state index < -0.39 is 6.10 Å². The molecule has 0 radical (unpaired) electrons. The number of rotatable bonds is 7. The molecule has 0 saturated heterocycles. The zero-order valence-electron chi connectivity index (χ0n) is 12.3. The van der Waals surface area contributed by atoms with Crippen molar-refractivity contribution in [2.45, 2.75) is 38.3 Å². The topological polar surface area (TPSA) is 50.1 Å². The predicted octanol–water partition coefficient (Wildman–Crippen LogP) is 2.09. The Balaban J connectivity index is 1.40. The normalized spacial score (nSPS) is 15.1. The minimum absolute atomic E-state index is 0.413. The van der Waals surface area contributed by atoms with Crippen molar-refractivity contribution in [1.82, 2.24) is 14.9 Å². The van der Waals surface area contributed by atoms with E-state index in [-0.39, 0.29) is 0 Å². The van der Waals surface area contributed by atoms with Crippen LogP contribution in [0.3, 0.4) is 0 Å². The highest BCUT2D eigenvalue weighted by Gasteiger charge is 2.14. The van der Waals surface area contributed by atoms with Crippen LogP contribution in [-0.2, 0) is 19.4 Å². The van der Waals surface area contributed by atoms with Gasteiger partial charge in [0.25, 0.3) is 0 Å². The van der Waals surface area contributed by atoms with Gasteiger partial charge in [-0.2, -0.15) is 0 Å². The lowest BCUT2D eigenvalue weighted by Gasteiger charge is -2.13. The molecule has 0 spiro atoms. The van der Waals surface area contributed by atoms with Crippen LogP contribution in [0.4, 0.5) is 0 Å². The summed E-state index contributed by atoms with van der Waals surface area (Å²) in [7, 11) is 0. The monoisotopic (exact) mass is 285 g/mol. The molecule has 4 heteroatoms. The molecule has 2 N–H and O–H groups in total. The van der Waals surface area contributed by atoms with Crippen LogP contribution in [0.15, 0.2) is 36.9 Å². The summed E-state index contributed by atoms with van der Waals surface area (Å²) in [4.78, 5) is 4.02. The molecule has 2 aromatic rings. The Kier molecular flexibility index (Phi) is 4.68. The molecule has 0 bridgehead atoms. The van der Waals surface area contributed by atoms with E-state index in [1.165, 1.54) is 24.0 Å². The Morgan fingerprint density at radius 3 is 3.05 bits per heavy atom. The van der Waals surface area contributed by atoms with Gasteiger partial charge in [0.15, 0.2) is 0 Å². The van der Waals surface area contributed by atoms with Crippen LogP contribution in [0.1, 0.15) is 35.6 Å². The zero-order valence-corrected chi connectivity index (χ0v) is 12.3. The molecule has 0 fully saturated rings. The van der Waals surface area contributed by atoms with Gasteiger partial charge in [0, 0.05) is 25.5 Å². The summed E-state index contributed by atoms with van der Waals surface area (Å²) in [6.45, 7) is 2.48. The number of aryl methyl sites for hydroxylation is 3. The summed E-state index contributed by atoms with van der Waals surface area (Å²) in [6, 6.07) is 6.43. The van der Waals surface area contributed by atoms with E-state index in [4.69, 9.17) is 0 Å². The van der Waals surface area contributed by atoms with E-state index in [0.717, 1.165) is 31.5 Å². The number of aliphatic hydroxyl groups excluding tert-OH is 1. The van der Waals surface area contributed by atoms with Gasteiger partial charge in [-0.15, -0.1) is 0 Å². The Hall–Kier alpha value is -1.65. The first-order valence-corrected chi connectivity index (χ1v) is 7.79. The minimum Gasteiger partial charge on any atom is -0.387 e. The number of hydrogen-bond acceptors (Lipinski definition) is 3. The van der Waals surface area contributed by atoms with Crippen LogP contribution in [0.5, 0.6) is 0 Å². The lowest BCUT2D eigenvalue weighted by atomic mass is 10.0. The van der Waals surface area contributed by atoms with Gasteiger partial charge in [0.05, 0.1) is 12.4 Å². The van der Waals surface area contributed by atoms with E-state index in [2.05, 4.69) is 33.1 Å². The molecule has 1 aromatic heterocycles. The van der Waals surface area contributed by atoms with E-state index >= 15 is 0 Å². The maximum Gasteiger partial charge on any atom is 0.0945 e. The molecule has 1 atom stereocenters. The number of aromatic nitrogens is 2. The van der Waals surface area contributed by atoms with Gasteiger partial charge in [0.1, 0.15) is 0 Å². The first kappa shape index (κ1) is 14.3. The summed E-state index contributed by atoms with van der Waals surface area (Å²) in [5.74, 6) is 0. The minimum atomic E-state index is -0.413. The van der Waals surface area contributed by atoms with Gasteiger partial charge in [-0.25, -0.2) is 4.98 Å². The Labute approximate surface area is 125 Å². The first-order chi connectivity index (χ1) is 10.3. The van der Waals surface area contributed by atoms with E-state index in [1.807, 2.05) is 12.5 Å². The van der Waals surface area contributed by atoms with Crippen molar-refractivity contribution in [3.63, 3.8) is 0 Å². The number of hydrogen-bond donors (Lipinski definition) is 2. The van der Waals surface area contributed by atoms with Crippen LogP contribution in [-0.4, -0.2) is 27.7 Å². The van der Waals surface area contributed by atoms with Crippen molar-refractivity contribution in [1.29, 1.82) is 0 Å². The molecule has 0 saturated carbocycles. The molecule has 1 aromatic carbocycles. The van der Waals surface area contributed by atoms with Gasteiger partial charge in [-0.3, -0.25) is 0 Å². The van der Waals surface area contributed by atoms with Gasteiger partial charge >= 0.3 is 0 Å². The van der Waals surface area contributed by atoms with Crippen LogP contribution in [0.25, 0.3) is 0 Å². The lowest BCUT2D eigenvalue weighted by molar-refractivity contribution is 0.174. The summed E-state index contributed by atoms with van der Waals surface area (Å²) < 4.78 is 2.07. The maximum absolute atomic E-state index is 10.3. The molecule has 1 aliphatic carbocycles. The summed E-state index contributed by atoms with van der Waals surface area (Å²) >= 11 is 0. The SMILES string of the molecule is OC(CNCCCn1ccnc1)c1ccc2c(c1)CCC2. The van der Waals surface area contributed by atoms with Crippen molar-refractivity contribution in [3.8, 4) is 0 Å². The van der Waals surface area contributed by atoms with Crippen molar-refractivity contribution >= 4 is 0 Å². The molecule has 0 amide bonds. The fraction of sp³-hybridized carbons (Fsp3) is 0.471. The van der Waals surface area contributed by atoms with E-state index in [9.17, 15) is 5.11 Å². The maximum atomic E-state index is 10.3. The van der Waals surface area contributed by atoms with Gasteiger partial charge in [-0.1, -0.05) is 18.2 Å². The molecule has 1 heterocycles. The summed E-state index contributed by atoms with van der Waals surface area (Å²) in [5, 5.41) is 13.6. The molecule has 112 valence electrons. The Morgan fingerprint density at radius 1 is 1.29 bits per heavy atom. The molecule has 0 aliphatic heterocycles. The van der Waals surface area contributed by atoms with Gasteiger partial charge < -0.3 is 15.0 Å². The number of nitrogens with zero attached hydrogens (tertiary/aromatic N) is 2. The second-order valence-electron chi connectivity index (χ2n) is 5.76. The molecular weight excluding hydrogens is 262 g/mol. The third kappa shape index (κ3) is 3.71. The second kappa shape index (κ2) is 6.87. The lowest BCUT2D eigenvalue weighted by Crippen LogP contribution is -2.23. The highest BCUT2D eigenvalue weighted by molar-refractivity contribution is 5.36. The number of benzene rings is 1. The Morgan fingerprint density at radius 2 is 2.19 bits per heavy atom. The fourth-order valence-corrected chi connectivity index (χ4v) is 2.96. The second-order valence-corrected chi connectivity index (χ2v) is 5.76. The molecule has 3 rings (SSSR count). The van der Waals surface area contributed by atoms with Crippen LogP contribution >= 0.6 is 0 Å². The molecule has 4 nitrogen and oxygen atoms in total. The smallest absolute Gasteiger partial charge is 0.0945 e. The fourth-order valence-electron chi connectivity index (χ4n) is 2.96. The number of imidazole rings is 1. The van der Waals surface area contributed by atoms with Crippen LogP contribution in [0.2, 0.25) is 0 Å². The Bertz CT molecular complexity index is 565. The number of fused-ring (bicyclic) bond motifs is 1. The van der Waals surface area contributed by atoms with Gasteiger partial charge in [0.2, 0.25) is 0 Å². The zero-order chi connectivity index (χ0) is 14.5. The van der Waals surface area contributed by atoms with Crippen molar-refractivity contribution in [2.75, 3.05) is 13.1 Å². The third-order valence-electron chi connectivity index (χ3n) is 4.17. The average molecular weight is 285 g/mol. The van der Waals surface area contributed by atoms with Crippen molar-refractivity contribution in [2.24, 2.45) is 0 Å². The number of nitrogens with one attached hydrogen (secondary N) is 1. The molecule has 1 aliphatic rings. The van der Waals surface area contributed by atoms with Crippen LogP contribution < -0.4 is 5.32 Å². The highest BCUT2D eigenvalue weighted by Crippen LogP contribution is 2.25. The van der Waals surface area contributed by atoms with E-state index in [0.29, 0.717) is 6.54 Å². The first-order valence-electron chi connectivity index (χ1n) is 7.79. The third-order valence-corrected chi connectivity index (χ3v) is 4.17. The number of aliphatic hydroxyl groups is 1. The summed E-state index contributed by atoms with van der Waals surface area (Å²) in [6.07, 6.45) is 9.83. The molecule has 21 heavy (non-hydrogen) atoms. The predicted molar refractivity (Wildman–Crippen MR) is 83.1 cm³/mol. The van der Waals surface area contributed by atoms with Crippen LogP contribution in [0, 0.1) is 0 Å². The summed E-state index contributed by atoms with van der Waals surface area (Å²) in [5.41, 5.74) is 3.92. The quantitative estimate of drug-likeness (QED) is 0.766. The van der Waals surface area contributed by atoms with E-state index in [1.54, 1.807) is 6.20 Å². The van der Waals surface area contributed by atoms with Crippen molar-refractivity contribution < 1.29 is 5.11 Å². The van der Waals surface area contributed by atoms with Crippen molar-refractivity contribution in [3.05, 3.63) is 53.6 Å². The standard InChI is InChI=1S/C17H23N3O/c21-17(12-18-7-2-9-20-10-8-19-13-20)16-6-5-14-3-1-4-15(14)11-16/h5-6,8,10-11,13,17-18,21H,1-4,7,9,12H2. The molecular formula is C17H23N3O. The highest BCUT2D eigenvalue weighted by atomic mass is 16.3. The molecule has 1 unspecified atom stereocenters. The van der Waals surface area contributed by atoms with Gasteiger partial charge in [-0.05, 0) is 48.9 Å².